The molecule has 8 nitrogen and oxygen atoms in total. The number of thioether (sulfide) groups is 1. The van der Waals surface area contributed by atoms with E-state index in [0.717, 1.165) is 22.4 Å². The predicted octanol–water partition coefficient (Wildman–Crippen LogP) is 5.48. The molecule has 0 saturated carbocycles. The standard InChI is InChI=1S/C27H26N4O4S/c1-15-4-8-17(9-5-15)21-22-19(12-27(2,3)13-20(22)32)28-24-23(21)25(33)30-26(29-24)36-14-16-6-10-18(11-7-16)31(34)35/h4-11,21H,12-14H2,1-3H3,(H2,28,29,30,33)/t21-/m1/s1. The number of nitrogens with zero attached hydrogens (tertiary/aromatic N) is 2. The van der Waals surface area contributed by atoms with Crippen LogP contribution in [0, 0.1) is 22.5 Å². The number of fused-ring (bicyclic) bond motifs is 1. The fraction of sp³-hybridized carbons (Fsp3) is 0.296. The predicted molar refractivity (Wildman–Crippen MR) is 139 cm³/mol. The number of aryl methyl sites for hydroxylation is 1. The summed E-state index contributed by atoms with van der Waals surface area (Å²) in [4.78, 5) is 44.8. The molecule has 1 atom stereocenters. The lowest BCUT2D eigenvalue weighted by Gasteiger charge is -2.38. The first-order valence-corrected chi connectivity index (χ1v) is 12.7. The van der Waals surface area contributed by atoms with Gasteiger partial charge in [0.25, 0.3) is 11.2 Å². The maximum atomic E-state index is 13.4. The summed E-state index contributed by atoms with van der Waals surface area (Å²) in [6.07, 6.45) is 1.12. The van der Waals surface area contributed by atoms with Crippen LogP contribution in [0.2, 0.25) is 0 Å². The fourth-order valence-electron chi connectivity index (χ4n) is 4.92. The Kier molecular flexibility index (Phi) is 6.04. The Hall–Kier alpha value is -3.72. The van der Waals surface area contributed by atoms with Crippen LogP contribution in [0.4, 0.5) is 11.5 Å². The van der Waals surface area contributed by atoms with E-state index in [1.165, 1.54) is 23.9 Å². The molecule has 0 spiro atoms. The zero-order chi connectivity index (χ0) is 25.6. The number of hydrogen-bond donors (Lipinski definition) is 2. The first-order chi connectivity index (χ1) is 17.1. The number of allylic oxidation sites excluding steroid dienone is 2. The summed E-state index contributed by atoms with van der Waals surface area (Å²) in [7, 11) is 0. The molecular formula is C27H26N4O4S. The lowest BCUT2D eigenvalue weighted by atomic mass is 9.69. The summed E-state index contributed by atoms with van der Waals surface area (Å²) in [5, 5.41) is 14.7. The number of carbonyl (C=O) groups excluding carboxylic acids is 1. The molecule has 0 amide bonds. The molecule has 0 saturated heterocycles. The van der Waals surface area contributed by atoms with Gasteiger partial charge in [-0.05, 0) is 29.9 Å². The molecule has 9 heteroatoms. The molecule has 2 N–H and O–H groups in total. The number of aromatic amines is 1. The Morgan fingerprint density at radius 3 is 2.44 bits per heavy atom. The van der Waals surface area contributed by atoms with Gasteiger partial charge in [0.15, 0.2) is 10.9 Å². The fourth-order valence-corrected chi connectivity index (χ4v) is 5.74. The summed E-state index contributed by atoms with van der Waals surface area (Å²) in [6.45, 7) is 6.15. The number of carbonyl (C=O) groups is 1. The number of aromatic nitrogens is 2. The average Bonchev–Trinajstić information content (AvgIpc) is 2.81. The number of Topliss-reactive ketones (excluding diaryl/α,β-unsaturated/α-hetero) is 1. The number of benzene rings is 2. The number of rotatable bonds is 5. The molecule has 1 aliphatic carbocycles. The van der Waals surface area contributed by atoms with E-state index >= 15 is 0 Å². The Morgan fingerprint density at radius 2 is 1.78 bits per heavy atom. The van der Waals surface area contributed by atoms with Crippen molar-refractivity contribution >= 4 is 29.1 Å². The molecule has 0 unspecified atom stereocenters. The van der Waals surface area contributed by atoms with Crippen LogP contribution in [0.15, 0.2) is 69.8 Å². The van der Waals surface area contributed by atoms with Gasteiger partial charge in [0.2, 0.25) is 0 Å². The lowest BCUT2D eigenvalue weighted by molar-refractivity contribution is -0.384. The highest BCUT2D eigenvalue weighted by Crippen LogP contribution is 2.47. The Bertz CT molecular complexity index is 1460. The Balaban J connectivity index is 1.52. The number of ketones is 1. The van der Waals surface area contributed by atoms with Crippen LogP contribution < -0.4 is 10.9 Å². The number of non-ortho nitro benzene ring substituents is 1. The number of H-pyrrole nitrogens is 1. The van der Waals surface area contributed by atoms with Crippen LogP contribution in [-0.4, -0.2) is 20.7 Å². The van der Waals surface area contributed by atoms with Gasteiger partial charge in [-0.1, -0.05) is 67.6 Å². The van der Waals surface area contributed by atoms with E-state index in [0.29, 0.717) is 40.7 Å². The van der Waals surface area contributed by atoms with Crippen molar-refractivity contribution in [2.45, 2.75) is 50.4 Å². The second kappa shape index (κ2) is 9.05. The second-order valence-electron chi connectivity index (χ2n) is 10.1. The average molecular weight is 503 g/mol. The summed E-state index contributed by atoms with van der Waals surface area (Å²) in [5.74, 6) is 0.534. The van der Waals surface area contributed by atoms with E-state index in [-0.39, 0.29) is 22.4 Å². The minimum Gasteiger partial charge on any atom is -0.343 e. The molecule has 0 radical (unpaired) electrons. The second-order valence-corrected chi connectivity index (χ2v) is 11.1. The maximum Gasteiger partial charge on any atom is 0.269 e. The first kappa shape index (κ1) is 24.0. The molecule has 2 aromatic carbocycles. The van der Waals surface area contributed by atoms with Crippen molar-refractivity contribution in [2.24, 2.45) is 5.41 Å². The van der Waals surface area contributed by atoms with Gasteiger partial charge < -0.3 is 10.3 Å². The first-order valence-electron chi connectivity index (χ1n) is 11.7. The highest BCUT2D eigenvalue weighted by Gasteiger charge is 2.42. The monoisotopic (exact) mass is 502 g/mol. The van der Waals surface area contributed by atoms with Gasteiger partial charge in [0, 0.05) is 41.5 Å². The molecule has 0 fully saturated rings. The Labute approximate surface area is 212 Å². The topological polar surface area (TPSA) is 118 Å². The molecule has 2 aliphatic rings. The highest BCUT2D eigenvalue weighted by atomic mass is 32.2. The van der Waals surface area contributed by atoms with Gasteiger partial charge >= 0.3 is 0 Å². The van der Waals surface area contributed by atoms with Crippen LogP contribution in [0.3, 0.4) is 0 Å². The third kappa shape index (κ3) is 4.58. The SMILES string of the molecule is Cc1ccc([C@@H]2C3=C(CC(C)(C)CC3=O)Nc3nc(SCc4ccc([N+](=O)[O-])cc4)[nH]c(=O)c32)cc1. The number of nitrogens with one attached hydrogen (secondary N) is 2. The minimum atomic E-state index is -0.481. The van der Waals surface area contributed by atoms with Crippen LogP contribution in [0.25, 0.3) is 0 Å². The minimum absolute atomic E-state index is 0.0319. The number of nitro benzene ring substituents is 1. The number of hydrogen-bond acceptors (Lipinski definition) is 7. The smallest absolute Gasteiger partial charge is 0.269 e. The zero-order valence-electron chi connectivity index (χ0n) is 20.3. The third-order valence-electron chi connectivity index (χ3n) is 6.63. The normalized spacial score (nSPS) is 18.3. The molecule has 0 bridgehead atoms. The van der Waals surface area contributed by atoms with E-state index in [9.17, 15) is 19.7 Å². The van der Waals surface area contributed by atoms with Gasteiger partial charge in [-0.3, -0.25) is 19.7 Å². The van der Waals surface area contributed by atoms with Crippen molar-refractivity contribution in [1.82, 2.24) is 9.97 Å². The van der Waals surface area contributed by atoms with Gasteiger partial charge in [0.05, 0.1) is 10.5 Å². The Morgan fingerprint density at radius 1 is 1.08 bits per heavy atom. The van der Waals surface area contributed by atoms with Gasteiger partial charge in [0.1, 0.15) is 5.82 Å². The number of anilines is 1. The van der Waals surface area contributed by atoms with E-state index in [4.69, 9.17) is 4.98 Å². The van der Waals surface area contributed by atoms with E-state index in [2.05, 4.69) is 24.1 Å². The molecule has 184 valence electrons. The highest BCUT2D eigenvalue weighted by molar-refractivity contribution is 7.98. The van der Waals surface area contributed by atoms with E-state index < -0.39 is 10.8 Å². The van der Waals surface area contributed by atoms with Crippen molar-refractivity contribution in [3.63, 3.8) is 0 Å². The molecule has 36 heavy (non-hydrogen) atoms. The zero-order valence-corrected chi connectivity index (χ0v) is 21.1. The molecule has 2 heterocycles. The lowest BCUT2D eigenvalue weighted by Crippen LogP contribution is -2.37. The quantitative estimate of drug-likeness (QED) is 0.205. The van der Waals surface area contributed by atoms with Crippen molar-refractivity contribution < 1.29 is 9.72 Å². The van der Waals surface area contributed by atoms with Crippen molar-refractivity contribution in [2.75, 3.05) is 5.32 Å². The molecule has 5 rings (SSSR count). The van der Waals surface area contributed by atoms with Gasteiger partial charge in [-0.25, -0.2) is 4.98 Å². The van der Waals surface area contributed by atoms with Gasteiger partial charge in [-0.2, -0.15) is 0 Å². The van der Waals surface area contributed by atoms with E-state index in [1.54, 1.807) is 12.1 Å². The van der Waals surface area contributed by atoms with Gasteiger partial charge in [-0.15, -0.1) is 0 Å². The summed E-state index contributed by atoms with van der Waals surface area (Å²) in [6, 6.07) is 14.2. The van der Waals surface area contributed by atoms with Crippen LogP contribution in [-0.2, 0) is 10.5 Å². The molecule has 1 aromatic heterocycles. The molecular weight excluding hydrogens is 476 g/mol. The summed E-state index contributed by atoms with van der Waals surface area (Å²) < 4.78 is 0. The van der Waals surface area contributed by atoms with Crippen molar-refractivity contribution in [3.8, 4) is 0 Å². The third-order valence-corrected chi connectivity index (χ3v) is 7.58. The maximum absolute atomic E-state index is 13.4. The van der Waals surface area contributed by atoms with Crippen molar-refractivity contribution in [3.05, 3.63) is 103 Å². The summed E-state index contributed by atoms with van der Waals surface area (Å²) >= 11 is 1.34. The number of nitro groups is 1. The van der Waals surface area contributed by atoms with Crippen LogP contribution in [0.5, 0.6) is 0 Å². The molecule has 1 aliphatic heterocycles. The van der Waals surface area contributed by atoms with Crippen LogP contribution >= 0.6 is 11.8 Å². The van der Waals surface area contributed by atoms with Crippen molar-refractivity contribution in [1.29, 1.82) is 0 Å². The molecule has 3 aromatic rings. The van der Waals surface area contributed by atoms with Crippen LogP contribution in [0.1, 0.15) is 54.9 Å². The summed E-state index contributed by atoms with van der Waals surface area (Å²) in [5.41, 5.74) is 4.37. The van der Waals surface area contributed by atoms with E-state index in [1.807, 2.05) is 31.2 Å². The largest absolute Gasteiger partial charge is 0.343 e.